The van der Waals surface area contributed by atoms with E-state index in [1.54, 1.807) is 5.06 Å². The van der Waals surface area contributed by atoms with Gasteiger partial charge in [-0.25, -0.2) is 5.06 Å². The van der Waals surface area contributed by atoms with Crippen molar-refractivity contribution in [1.82, 2.24) is 5.06 Å². The smallest absolute Gasteiger partial charge is 0.250 e. The fraction of sp³-hybridized carbons (Fsp3) is 0.769. The Hall–Kier alpha value is -0.830. The summed E-state index contributed by atoms with van der Waals surface area (Å²) in [7, 11) is 0. The van der Waals surface area contributed by atoms with Gasteiger partial charge >= 0.3 is 0 Å². The summed E-state index contributed by atoms with van der Waals surface area (Å²) < 4.78 is 0. The predicted octanol–water partition coefficient (Wildman–Crippen LogP) is 2.53. The Morgan fingerprint density at radius 3 is 2.94 bits per heavy atom. The van der Waals surface area contributed by atoms with Gasteiger partial charge in [-0.2, -0.15) is 0 Å². The minimum absolute atomic E-state index is 0.136. The quantitative estimate of drug-likeness (QED) is 0.529. The minimum Gasteiger partial charge on any atom is -0.272 e. The summed E-state index contributed by atoms with van der Waals surface area (Å²) in [6.07, 6.45) is 8.40. The van der Waals surface area contributed by atoms with E-state index in [4.69, 9.17) is 4.84 Å². The van der Waals surface area contributed by atoms with E-state index >= 15 is 0 Å². The number of amides is 1. The van der Waals surface area contributed by atoms with Crippen molar-refractivity contribution in [3.63, 3.8) is 0 Å². The van der Waals surface area contributed by atoms with Crippen molar-refractivity contribution in [1.29, 1.82) is 0 Å². The van der Waals surface area contributed by atoms with Gasteiger partial charge in [0.05, 0.1) is 12.6 Å². The highest BCUT2D eigenvalue weighted by Gasteiger charge is 2.42. The van der Waals surface area contributed by atoms with Gasteiger partial charge in [-0.1, -0.05) is 32.4 Å². The Balaban J connectivity index is 2.00. The van der Waals surface area contributed by atoms with E-state index in [0.29, 0.717) is 12.5 Å². The average molecular weight is 223 g/mol. The second-order valence-electron chi connectivity index (χ2n) is 4.72. The highest BCUT2D eigenvalue weighted by atomic mass is 16.7. The maximum atomic E-state index is 12.2. The van der Waals surface area contributed by atoms with Crippen LogP contribution in [0.15, 0.2) is 12.2 Å². The summed E-state index contributed by atoms with van der Waals surface area (Å²) in [5, 5.41) is 1.63. The lowest BCUT2D eigenvalue weighted by atomic mass is 9.85. The van der Waals surface area contributed by atoms with Crippen LogP contribution in [0.25, 0.3) is 0 Å². The molecular weight excluding hydrogens is 202 g/mol. The van der Waals surface area contributed by atoms with Crippen LogP contribution in [-0.2, 0) is 9.63 Å². The molecule has 1 aliphatic carbocycles. The summed E-state index contributed by atoms with van der Waals surface area (Å²) in [5.74, 6) is 0.773. The Morgan fingerprint density at radius 2 is 2.25 bits per heavy atom. The normalized spacial score (nSPS) is 32.5. The number of fused-ring (bicyclic) bond motifs is 2. The molecule has 0 aromatic heterocycles. The Kier molecular flexibility index (Phi) is 3.64. The van der Waals surface area contributed by atoms with Gasteiger partial charge in [0.15, 0.2) is 0 Å². The van der Waals surface area contributed by atoms with Crippen molar-refractivity contribution in [2.24, 2.45) is 11.8 Å². The second-order valence-corrected chi connectivity index (χ2v) is 4.72. The Bertz CT molecular complexity index is 288. The first-order valence-corrected chi connectivity index (χ1v) is 6.42. The van der Waals surface area contributed by atoms with Crippen molar-refractivity contribution >= 4 is 5.91 Å². The fourth-order valence-corrected chi connectivity index (χ4v) is 2.63. The molecule has 3 heteroatoms. The van der Waals surface area contributed by atoms with Crippen LogP contribution in [0.4, 0.5) is 0 Å². The maximum Gasteiger partial charge on any atom is 0.250 e. The lowest BCUT2D eigenvalue weighted by Crippen LogP contribution is -2.47. The number of rotatable bonds is 5. The molecule has 2 rings (SSSR count). The lowest BCUT2D eigenvalue weighted by molar-refractivity contribution is -0.208. The Labute approximate surface area is 97.4 Å². The van der Waals surface area contributed by atoms with Crippen LogP contribution in [0.5, 0.6) is 0 Å². The standard InChI is InChI=1S/C13H21NO2/c1-3-5-8-16-14-11-7-6-10(9-11)12(4-2)13(14)15/h6-7,10-12H,3-5,8-9H2,1-2H3/t10-,11+,12-/m0/s1. The van der Waals surface area contributed by atoms with Crippen LogP contribution in [0.3, 0.4) is 0 Å². The highest BCUT2D eigenvalue weighted by Crippen LogP contribution is 2.37. The van der Waals surface area contributed by atoms with Gasteiger partial charge in [0.25, 0.3) is 0 Å². The maximum absolute atomic E-state index is 12.2. The summed E-state index contributed by atoms with van der Waals surface area (Å²) in [4.78, 5) is 17.8. The van der Waals surface area contributed by atoms with Crippen LogP contribution in [0.2, 0.25) is 0 Å². The van der Waals surface area contributed by atoms with Crippen LogP contribution in [0, 0.1) is 11.8 Å². The van der Waals surface area contributed by atoms with Gasteiger partial charge in [0.2, 0.25) is 5.91 Å². The molecule has 16 heavy (non-hydrogen) atoms. The third kappa shape index (κ3) is 2.01. The van der Waals surface area contributed by atoms with E-state index in [9.17, 15) is 4.79 Å². The number of nitrogens with zero attached hydrogens (tertiary/aromatic N) is 1. The summed E-state index contributed by atoms with van der Waals surface area (Å²) in [6.45, 7) is 4.87. The molecule has 2 aliphatic rings. The van der Waals surface area contributed by atoms with Gasteiger partial charge in [0, 0.05) is 5.92 Å². The first-order chi connectivity index (χ1) is 7.77. The lowest BCUT2D eigenvalue weighted by Gasteiger charge is -2.36. The summed E-state index contributed by atoms with van der Waals surface area (Å²) in [5.41, 5.74) is 0. The number of carbonyl (C=O) groups is 1. The number of unbranched alkanes of at least 4 members (excludes halogenated alkanes) is 1. The monoisotopic (exact) mass is 223 g/mol. The van der Waals surface area contributed by atoms with Crippen molar-refractivity contribution in [3.05, 3.63) is 12.2 Å². The molecule has 0 saturated carbocycles. The average Bonchev–Trinajstić information content (AvgIpc) is 2.70. The molecule has 1 heterocycles. The van der Waals surface area contributed by atoms with Gasteiger partial charge in [-0.15, -0.1) is 0 Å². The van der Waals surface area contributed by atoms with E-state index in [0.717, 1.165) is 25.7 Å². The molecule has 3 nitrogen and oxygen atoms in total. The molecule has 2 bridgehead atoms. The van der Waals surface area contributed by atoms with Crippen LogP contribution < -0.4 is 0 Å². The molecule has 0 N–H and O–H groups in total. The number of hydrogen-bond donors (Lipinski definition) is 0. The zero-order chi connectivity index (χ0) is 11.5. The van der Waals surface area contributed by atoms with E-state index in [2.05, 4.69) is 26.0 Å². The van der Waals surface area contributed by atoms with Crippen LogP contribution >= 0.6 is 0 Å². The largest absolute Gasteiger partial charge is 0.272 e. The van der Waals surface area contributed by atoms with Gasteiger partial charge in [-0.05, 0) is 25.2 Å². The van der Waals surface area contributed by atoms with E-state index in [1.807, 2.05) is 0 Å². The fourth-order valence-electron chi connectivity index (χ4n) is 2.63. The first-order valence-electron chi connectivity index (χ1n) is 6.42. The molecule has 3 atom stereocenters. The van der Waals surface area contributed by atoms with Crippen LogP contribution in [-0.4, -0.2) is 23.6 Å². The molecule has 90 valence electrons. The molecule has 1 fully saturated rings. The summed E-state index contributed by atoms with van der Waals surface area (Å²) in [6, 6.07) is 0.192. The number of piperidine rings is 1. The van der Waals surface area contributed by atoms with Gasteiger partial charge < -0.3 is 0 Å². The van der Waals surface area contributed by atoms with Crippen molar-refractivity contribution < 1.29 is 9.63 Å². The topological polar surface area (TPSA) is 29.5 Å². The molecule has 1 aliphatic heterocycles. The third-order valence-corrected chi connectivity index (χ3v) is 3.61. The van der Waals surface area contributed by atoms with Crippen molar-refractivity contribution in [2.75, 3.05) is 6.61 Å². The molecule has 0 aromatic rings. The Morgan fingerprint density at radius 1 is 1.44 bits per heavy atom. The molecule has 1 amide bonds. The molecule has 0 aromatic carbocycles. The second kappa shape index (κ2) is 5.00. The molecule has 0 radical (unpaired) electrons. The zero-order valence-corrected chi connectivity index (χ0v) is 10.2. The highest BCUT2D eigenvalue weighted by molar-refractivity contribution is 5.80. The molecule has 1 saturated heterocycles. The SMILES string of the molecule is CCCCON1C(=O)[C@@H](CC)[C@H]2C=C[C@@H]1C2. The van der Waals surface area contributed by atoms with Gasteiger partial charge in [0.1, 0.15) is 0 Å². The van der Waals surface area contributed by atoms with E-state index in [1.165, 1.54) is 0 Å². The zero-order valence-electron chi connectivity index (χ0n) is 10.2. The number of carbonyl (C=O) groups excluding carboxylic acids is 1. The van der Waals surface area contributed by atoms with E-state index in [-0.39, 0.29) is 17.9 Å². The minimum atomic E-state index is 0.136. The van der Waals surface area contributed by atoms with Crippen molar-refractivity contribution in [2.45, 2.75) is 45.6 Å². The number of hydroxylamine groups is 2. The molecular formula is C13H21NO2. The van der Waals surface area contributed by atoms with Gasteiger partial charge in [-0.3, -0.25) is 9.63 Å². The number of allylic oxidation sites excluding steroid dienone is 1. The first kappa shape index (κ1) is 11.6. The third-order valence-electron chi connectivity index (χ3n) is 3.61. The molecule has 0 unspecified atom stereocenters. The van der Waals surface area contributed by atoms with E-state index < -0.39 is 0 Å². The number of hydrogen-bond acceptors (Lipinski definition) is 2. The van der Waals surface area contributed by atoms with Crippen molar-refractivity contribution in [3.8, 4) is 0 Å². The predicted molar refractivity (Wildman–Crippen MR) is 62.5 cm³/mol. The summed E-state index contributed by atoms with van der Waals surface area (Å²) >= 11 is 0. The van der Waals surface area contributed by atoms with Crippen LogP contribution in [0.1, 0.15) is 39.5 Å². The molecule has 0 spiro atoms.